The number of anilines is 1. The molecule has 0 fully saturated rings. The third kappa shape index (κ3) is 2.11. The molecule has 2 aromatic heterocycles. The lowest BCUT2D eigenvalue weighted by molar-refractivity contribution is 0.0698. The van der Waals surface area contributed by atoms with Crippen molar-refractivity contribution in [3.8, 4) is 0 Å². The number of amidine groups is 1. The van der Waals surface area contributed by atoms with Gasteiger partial charge >= 0.3 is 0 Å². The molecular weight excluding hydrogens is 252 g/mol. The Morgan fingerprint density at radius 2 is 2.44 bits per heavy atom. The highest BCUT2D eigenvalue weighted by atomic mass is 32.1. The molecule has 3 rings (SSSR count). The van der Waals surface area contributed by atoms with Crippen molar-refractivity contribution < 1.29 is 4.84 Å². The molecule has 3 heterocycles. The minimum absolute atomic E-state index is 0.380. The SMILES string of the molecule is Nc1nc(C2=CN=C2NOCc2cnc[nH]2)cs1. The second-order valence-corrected chi connectivity index (χ2v) is 4.45. The van der Waals surface area contributed by atoms with Gasteiger partial charge in [-0.25, -0.2) is 20.4 Å². The van der Waals surface area contributed by atoms with E-state index in [2.05, 4.69) is 25.4 Å². The first-order valence-electron chi connectivity index (χ1n) is 5.17. The van der Waals surface area contributed by atoms with E-state index >= 15 is 0 Å². The number of imidazole rings is 1. The van der Waals surface area contributed by atoms with Crippen LogP contribution in [0.4, 0.5) is 5.13 Å². The van der Waals surface area contributed by atoms with Gasteiger partial charge in [-0.2, -0.15) is 0 Å². The lowest BCUT2D eigenvalue weighted by Gasteiger charge is -2.15. The average molecular weight is 262 g/mol. The van der Waals surface area contributed by atoms with E-state index in [4.69, 9.17) is 10.6 Å². The van der Waals surface area contributed by atoms with E-state index in [1.807, 2.05) is 5.38 Å². The smallest absolute Gasteiger partial charge is 0.180 e. The number of hydroxylamine groups is 1. The average Bonchev–Trinajstić information content (AvgIpc) is 2.95. The van der Waals surface area contributed by atoms with Crippen LogP contribution in [0.5, 0.6) is 0 Å². The molecule has 1 aliphatic heterocycles. The van der Waals surface area contributed by atoms with Crippen LogP contribution in [-0.2, 0) is 11.4 Å². The van der Waals surface area contributed by atoms with Crippen molar-refractivity contribution in [3.05, 3.63) is 35.5 Å². The fourth-order valence-electron chi connectivity index (χ4n) is 1.42. The number of nitrogens with two attached hydrogens (primary N) is 1. The van der Waals surface area contributed by atoms with E-state index in [9.17, 15) is 0 Å². The molecule has 92 valence electrons. The van der Waals surface area contributed by atoms with Gasteiger partial charge in [-0.05, 0) is 0 Å². The molecule has 2 aromatic rings. The molecule has 8 heteroatoms. The summed E-state index contributed by atoms with van der Waals surface area (Å²) in [6.07, 6.45) is 5.02. The molecule has 0 radical (unpaired) electrons. The molecule has 0 saturated heterocycles. The maximum absolute atomic E-state index is 5.58. The number of aromatic amines is 1. The van der Waals surface area contributed by atoms with E-state index < -0.39 is 0 Å². The largest absolute Gasteiger partial charge is 0.375 e. The highest BCUT2D eigenvalue weighted by Gasteiger charge is 2.18. The molecule has 7 nitrogen and oxygen atoms in total. The van der Waals surface area contributed by atoms with Gasteiger partial charge in [0.25, 0.3) is 0 Å². The minimum atomic E-state index is 0.380. The Kier molecular flexibility index (Phi) is 2.79. The fourth-order valence-corrected chi connectivity index (χ4v) is 1.98. The standard InChI is InChI=1S/C10H10N6OS/c11-10-15-8(4-18-10)7-2-13-9(7)16-17-3-6-1-12-5-14-6/h1-2,4-5H,3H2,(H2,11,15)(H,12,14)(H,13,16). The number of hydrogen-bond donors (Lipinski definition) is 3. The number of nitrogens with one attached hydrogen (secondary N) is 2. The molecule has 18 heavy (non-hydrogen) atoms. The highest BCUT2D eigenvalue weighted by Crippen LogP contribution is 2.24. The third-order valence-electron chi connectivity index (χ3n) is 2.33. The third-order valence-corrected chi connectivity index (χ3v) is 3.00. The van der Waals surface area contributed by atoms with Crippen LogP contribution < -0.4 is 11.2 Å². The molecule has 0 amide bonds. The number of aliphatic imine (C=N–C) groups is 1. The Hall–Kier alpha value is -2.19. The Morgan fingerprint density at radius 3 is 3.06 bits per heavy atom. The topological polar surface area (TPSA) is 101 Å². The molecule has 0 aromatic carbocycles. The Bertz CT molecular complexity index is 600. The molecule has 1 aliphatic rings. The van der Waals surface area contributed by atoms with Gasteiger partial charge in [0.2, 0.25) is 0 Å². The number of nitrogen functional groups attached to an aromatic ring is 1. The number of aromatic nitrogens is 3. The van der Waals surface area contributed by atoms with Crippen molar-refractivity contribution in [3.63, 3.8) is 0 Å². The van der Waals surface area contributed by atoms with Crippen LogP contribution in [0.3, 0.4) is 0 Å². The van der Waals surface area contributed by atoms with Crippen molar-refractivity contribution >= 4 is 27.9 Å². The quantitative estimate of drug-likeness (QED) is 0.711. The summed E-state index contributed by atoms with van der Waals surface area (Å²) in [7, 11) is 0. The normalized spacial score (nSPS) is 13.8. The molecule has 0 unspecified atom stereocenters. The predicted octanol–water partition coefficient (Wildman–Crippen LogP) is 0.923. The van der Waals surface area contributed by atoms with Gasteiger partial charge in [0.15, 0.2) is 11.0 Å². The molecule has 0 spiro atoms. The van der Waals surface area contributed by atoms with Gasteiger partial charge in [0.1, 0.15) is 6.61 Å². The number of hydrogen-bond acceptors (Lipinski definition) is 7. The molecule has 0 saturated carbocycles. The lowest BCUT2D eigenvalue weighted by Crippen LogP contribution is -2.28. The summed E-state index contributed by atoms with van der Waals surface area (Å²) in [5.41, 5.74) is 10.9. The van der Waals surface area contributed by atoms with Crippen LogP contribution in [0.2, 0.25) is 0 Å². The van der Waals surface area contributed by atoms with Crippen molar-refractivity contribution in [2.24, 2.45) is 4.99 Å². The Balaban J connectivity index is 1.53. The number of thiazole rings is 1. The number of nitrogens with zero attached hydrogens (tertiary/aromatic N) is 3. The molecular formula is C10H10N6OS. The summed E-state index contributed by atoms with van der Waals surface area (Å²) in [5.74, 6) is 0.653. The van der Waals surface area contributed by atoms with Gasteiger partial charge in [-0.1, -0.05) is 0 Å². The summed E-state index contributed by atoms with van der Waals surface area (Å²) >= 11 is 1.39. The lowest BCUT2D eigenvalue weighted by atomic mass is 10.1. The van der Waals surface area contributed by atoms with Gasteiger partial charge in [0, 0.05) is 11.6 Å². The van der Waals surface area contributed by atoms with Crippen LogP contribution in [0.15, 0.2) is 29.1 Å². The predicted molar refractivity (Wildman–Crippen MR) is 68.5 cm³/mol. The highest BCUT2D eigenvalue weighted by molar-refractivity contribution is 7.13. The zero-order valence-corrected chi connectivity index (χ0v) is 10.1. The Morgan fingerprint density at radius 1 is 1.50 bits per heavy atom. The van der Waals surface area contributed by atoms with Crippen molar-refractivity contribution in [1.82, 2.24) is 20.4 Å². The van der Waals surface area contributed by atoms with Crippen molar-refractivity contribution in [1.29, 1.82) is 0 Å². The molecule has 0 aliphatic carbocycles. The molecule has 0 bridgehead atoms. The fraction of sp³-hybridized carbons (Fsp3) is 0.100. The van der Waals surface area contributed by atoms with Gasteiger partial charge in [-0.3, -0.25) is 4.84 Å². The van der Waals surface area contributed by atoms with E-state index in [1.165, 1.54) is 11.3 Å². The maximum Gasteiger partial charge on any atom is 0.180 e. The van der Waals surface area contributed by atoms with Crippen molar-refractivity contribution in [2.45, 2.75) is 6.61 Å². The summed E-state index contributed by atoms with van der Waals surface area (Å²) in [5, 5.41) is 2.42. The zero-order valence-electron chi connectivity index (χ0n) is 9.25. The van der Waals surface area contributed by atoms with Gasteiger partial charge in [0.05, 0.1) is 29.5 Å². The van der Waals surface area contributed by atoms with E-state index in [1.54, 1.807) is 18.7 Å². The van der Waals surface area contributed by atoms with Gasteiger partial charge < -0.3 is 10.7 Å². The molecule has 0 atom stereocenters. The first-order valence-corrected chi connectivity index (χ1v) is 6.05. The maximum atomic E-state index is 5.58. The second kappa shape index (κ2) is 4.59. The summed E-state index contributed by atoms with van der Waals surface area (Å²) in [6, 6.07) is 0. The van der Waals surface area contributed by atoms with E-state index in [0.29, 0.717) is 17.6 Å². The Labute approximate surface area is 106 Å². The van der Waals surface area contributed by atoms with Crippen molar-refractivity contribution in [2.75, 3.05) is 5.73 Å². The minimum Gasteiger partial charge on any atom is -0.375 e. The van der Waals surface area contributed by atoms with Gasteiger partial charge in [-0.15, -0.1) is 11.3 Å². The zero-order chi connectivity index (χ0) is 12.4. The number of H-pyrrole nitrogens is 1. The first-order chi connectivity index (χ1) is 8.83. The number of rotatable bonds is 4. The van der Waals surface area contributed by atoms with Crippen LogP contribution in [0.25, 0.3) is 5.57 Å². The van der Waals surface area contributed by atoms with Crippen LogP contribution in [0.1, 0.15) is 11.4 Å². The van der Waals surface area contributed by atoms with Crippen LogP contribution >= 0.6 is 11.3 Å². The van der Waals surface area contributed by atoms with E-state index in [-0.39, 0.29) is 0 Å². The first kappa shape index (κ1) is 10.9. The molecule has 4 N–H and O–H groups in total. The van der Waals surface area contributed by atoms with Crippen LogP contribution in [0, 0.1) is 0 Å². The van der Waals surface area contributed by atoms with E-state index in [0.717, 1.165) is 17.0 Å². The summed E-state index contributed by atoms with van der Waals surface area (Å²) < 4.78 is 0. The summed E-state index contributed by atoms with van der Waals surface area (Å²) in [6.45, 7) is 0.380. The second-order valence-electron chi connectivity index (χ2n) is 3.56. The monoisotopic (exact) mass is 262 g/mol. The van der Waals surface area contributed by atoms with Crippen LogP contribution in [-0.4, -0.2) is 20.8 Å². The summed E-state index contributed by atoms with van der Waals surface area (Å²) in [4.78, 5) is 20.4.